The summed E-state index contributed by atoms with van der Waals surface area (Å²) >= 11 is 1.77. The van der Waals surface area contributed by atoms with Crippen molar-refractivity contribution in [3.05, 3.63) is 24.5 Å². The SMILES string of the molecule is OC1CCCC1Sc1ccncc1. The Morgan fingerprint density at radius 2 is 2.08 bits per heavy atom. The zero-order chi connectivity index (χ0) is 9.10. The maximum atomic E-state index is 9.61. The normalized spacial score (nSPS) is 27.8. The molecule has 1 N–H and O–H groups in total. The zero-order valence-corrected chi connectivity index (χ0v) is 8.20. The van der Waals surface area contributed by atoms with Crippen LogP contribution in [0.25, 0.3) is 0 Å². The number of hydrogen-bond acceptors (Lipinski definition) is 3. The second-order valence-corrected chi connectivity index (χ2v) is 4.65. The second kappa shape index (κ2) is 4.11. The Hall–Kier alpha value is -0.540. The molecule has 2 atom stereocenters. The van der Waals surface area contributed by atoms with Gasteiger partial charge in [-0.05, 0) is 31.4 Å². The Kier molecular flexibility index (Phi) is 2.86. The third-order valence-electron chi connectivity index (χ3n) is 2.35. The summed E-state index contributed by atoms with van der Waals surface area (Å²) in [6.07, 6.45) is 6.73. The summed E-state index contributed by atoms with van der Waals surface area (Å²) < 4.78 is 0. The largest absolute Gasteiger partial charge is 0.392 e. The van der Waals surface area contributed by atoms with Crippen LogP contribution < -0.4 is 0 Å². The molecular weight excluding hydrogens is 182 g/mol. The number of hydrogen-bond donors (Lipinski definition) is 1. The van der Waals surface area contributed by atoms with E-state index < -0.39 is 0 Å². The maximum absolute atomic E-state index is 9.61. The average molecular weight is 195 g/mol. The molecule has 1 saturated carbocycles. The van der Waals surface area contributed by atoms with E-state index in [9.17, 15) is 5.11 Å². The Labute approximate surface area is 82.4 Å². The third kappa shape index (κ3) is 2.23. The molecule has 1 heterocycles. The minimum Gasteiger partial charge on any atom is -0.392 e. The number of aliphatic hydroxyl groups is 1. The van der Waals surface area contributed by atoms with Crippen LogP contribution in [0.4, 0.5) is 0 Å². The van der Waals surface area contributed by atoms with Gasteiger partial charge in [-0.1, -0.05) is 0 Å². The standard InChI is InChI=1S/C10H13NOS/c12-9-2-1-3-10(9)13-8-4-6-11-7-5-8/h4-7,9-10,12H,1-3H2. The van der Waals surface area contributed by atoms with E-state index in [4.69, 9.17) is 0 Å². The Morgan fingerprint density at radius 1 is 1.31 bits per heavy atom. The van der Waals surface area contributed by atoms with Crippen LogP contribution in [-0.4, -0.2) is 21.4 Å². The van der Waals surface area contributed by atoms with Gasteiger partial charge in [0.05, 0.1) is 6.10 Å². The van der Waals surface area contributed by atoms with Gasteiger partial charge in [-0.25, -0.2) is 0 Å². The number of thioether (sulfide) groups is 1. The second-order valence-electron chi connectivity index (χ2n) is 3.34. The summed E-state index contributed by atoms with van der Waals surface area (Å²) in [5.41, 5.74) is 0. The fourth-order valence-corrected chi connectivity index (χ4v) is 2.84. The van der Waals surface area contributed by atoms with Gasteiger partial charge in [-0.15, -0.1) is 11.8 Å². The van der Waals surface area contributed by atoms with Gasteiger partial charge >= 0.3 is 0 Å². The minimum atomic E-state index is -0.113. The fraction of sp³-hybridized carbons (Fsp3) is 0.500. The van der Waals surface area contributed by atoms with E-state index in [0.29, 0.717) is 5.25 Å². The Bertz CT molecular complexity index is 265. The van der Waals surface area contributed by atoms with Crippen molar-refractivity contribution in [1.82, 2.24) is 4.98 Å². The zero-order valence-electron chi connectivity index (χ0n) is 7.39. The van der Waals surface area contributed by atoms with E-state index in [-0.39, 0.29) is 6.10 Å². The first-order valence-corrected chi connectivity index (χ1v) is 5.49. The van der Waals surface area contributed by atoms with Gasteiger partial charge < -0.3 is 5.11 Å². The van der Waals surface area contributed by atoms with Crippen molar-refractivity contribution >= 4 is 11.8 Å². The van der Waals surface area contributed by atoms with Gasteiger partial charge in [-0.3, -0.25) is 4.98 Å². The molecule has 13 heavy (non-hydrogen) atoms. The van der Waals surface area contributed by atoms with Gasteiger partial charge in [0.1, 0.15) is 0 Å². The maximum Gasteiger partial charge on any atom is 0.0662 e. The third-order valence-corrected chi connectivity index (χ3v) is 3.75. The van der Waals surface area contributed by atoms with Crippen LogP contribution in [0.3, 0.4) is 0 Å². The van der Waals surface area contributed by atoms with Crippen LogP contribution in [0, 0.1) is 0 Å². The number of aromatic nitrogens is 1. The molecule has 1 aromatic heterocycles. The first-order valence-electron chi connectivity index (χ1n) is 4.61. The molecule has 1 aliphatic rings. The quantitative estimate of drug-likeness (QED) is 0.784. The summed E-state index contributed by atoms with van der Waals surface area (Å²) in [7, 11) is 0. The van der Waals surface area contributed by atoms with Crippen LogP contribution in [-0.2, 0) is 0 Å². The van der Waals surface area contributed by atoms with Crippen LogP contribution in [0.1, 0.15) is 19.3 Å². The summed E-state index contributed by atoms with van der Waals surface area (Å²) in [5, 5.41) is 10.0. The highest BCUT2D eigenvalue weighted by molar-refractivity contribution is 8.00. The van der Waals surface area contributed by atoms with E-state index in [2.05, 4.69) is 4.98 Å². The summed E-state index contributed by atoms with van der Waals surface area (Å²) in [6.45, 7) is 0. The van der Waals surface area contributed by atoms with Crippen molar-refractivity contribution in [2.45, 2.75) is 35.5 Å². The van der Waals surface area contributed by atoms with Crippen LogP contribution in [0.5, 0.6) is 0 Å². The van der Waals surface area contributed by atoms with Gasteiger partial charge in [0, 0.05) is 22.5 Å². The summed E-state index contributed by atoms with van der Waals surface area (Å²) in [6, 6.07) is 3.99. The van der Waals surface area contributed by atoms with E-state index >= 15 is 0 Å². The molecular formula is C10H13NOS. The molecule has 3 heteroatoms. The van der Waals surface area contributed by atoms with E-state index in [1.54, 1.807) is 24.2 Å². The lowest BCUT2D eigenvalue weighted by Gasteiger charge is -2.12. The van der Waals surface area contributed by atoms with Gasteiger partial charge in [0.15, 0.2) is 0 Å². The Morgan fingerprint density at radius 3 is 2.69 bits per heavy atom. The molecule has 1 fully saturated rings. The van der Waals surface area contributed by atoms with Crippen molar-refractivity contribution in [2.24, 2.45) is 0 Å². The molecule has 2 rings (SSSR count). The molecule has 2 unspecified atom stereocenters. The molecule has 2 nitrogen and oxygen atoms in total. The lowest BCUT2D eigenvalue weighted by atomic mass is 10.3. The van der Waals surface area contributed by atoms with E-state index in [0.717, 1.165) is 19.3 Å². The molecule has 1 aliphatic carbocycles. The number of nitrogens with zero attached hydrogens (tertiary/aromatic N) is 1. The number of rotatable bonds is 2. The average Bonchev–Trinajstić information content (AvgIpc) is 2.54. The number of pyridine rings is 1. The van der Waals surface area contributed by atoms with E-state index in [1.807, 2.05) is 12.1 Å². The molecule has 0 bridgehead atoms. The van der Waals surface area contributed by atoms with Gasteiger partial charge in [-0.2, -0.15) is 0 Å². The molecule has 0 amide bonds. The monoisotopic (exact) mass is 195 g/mol. The molecule has 0 aliphatic heterocycles. The molecule has 0 radical (unpaired) electrons. The topological polar surface area (TPSA) is 33.1 Å². The smallest absolute Gasteiger partial charge is 0.0662 e. The van der Waals surface area contributed by atoms with Crippen molar-refractivity contribution in [2.75, 3.05) is 0 Å². The number of aliphatic hydroxyl groups excluding tert-OH is 1. The molecule has 0 saturated heterocycles. The highest BCUT2D eigenvalue weighted by Crippen LogP contribution is 2.34. The summed E-state index contributed by atoms with van der Waals surface area (Å²) in [4.78, 5) is 5.17. The first-order chi connectivity index (χ1) is 6.36. The van der Waals surface area contributed by atoms with Crippen LogP contribution in [0.2, 0.25) is 0 Å². The Balaban J connectivity index is 1.98. The van der Waals surface area contributed by atoms with Crippen molar-refractivity contribution in [1.29, 1.82) is 0 Å². The molecule has 0 spiro atoms. The fourth-order valence-electron chi connectivity index (χ4n) is 1.64. The van der Waals surface area contributed by atoms with Crippen molar-refractivity contribution < 1.29 is 5.11 Å². The predicted molar refractivity (Wildman–Crippen MR) is 53.7 cm³/mol. The molecule has 1 aromatic rings. The minimum absolute atomic E-state index is 0.113. The highest BCUT2D eigenvalue weighted by atomic mass is 32.2. The van der Waals surface area contributed by atoms with Crippen molar-refractivity contribution in [3.63, 3.8) is 0 Å². The van der Waals surface area contributed by atoms with Gasteiger partial charge in [0.2, 0.25) is 0 Å². The van der Waals surface area contributed by atoms with Gasteiger partial charge in [0.25, 0.3) is 0 Å². The lowest BCUT2D eigenvalue weighted by molar-refractivity contribution is 0.188. The predicted octanol–water partition coefficient (Wildman–Crippen LogP) is 2.09. The molecule has 70 valence electrons. The highest BCUT2D eigenvalue weighted by Gasteiger charge is 2.25. The summed E-state index contributed by atoms with van der Waals surface area (Å²) in [5.74, 6) is 0. The van der Waals surface area contributed by atoms with Crippen LogP contribution in [0.15, 0.2) is 29.4 Å². The first kappa shape index (κ1) is 9.03. The lowest BCUT2D eigenvalue weighted by Crippen LogP contribution is -2.14. The van der Waals surface area contributed by atoms with Crippen molar-refractivity contribution in [3.8, 4) is 0 Å². The van der Waals surface area contributed by atoms with Crippen LogP contribution >= 0.6 is 11.8 Å². The molecule has 0 aromatic carbocycles. The van der Waals surface area contributed by atoms with E-state index in [1.165, 1.54) is 4.90 Å².